The van der Waals surface area contributed by atoms with E-state index in [1.165, 1.54) is 0 Å². The van der Waals surface area contributed by atoms with Crippen LogP contribution in [0.3, 0.4) is 0 Å². The van der Waals surface area contributed by atoms with Crippen molar-refractivity contribution in [1.29, 1.82) is 0 Å². The molecule has 5 nitrogen and oxygen atoms in total. The van der Waals surface area contributed by atoms with Gasteiger partial charge >= 0.3 is 0 Å². The van der Waals surface area contributed by atoms with Crippen LogP contribution in [0.2, 0.25) is 0 Å². The number of nitrogens with two attached hydrogens (primary N) is 1. The van der Waals surface area contributed by atoms with Gasteiger partial charge in [-0.15, -0.1) is 0 Å². The van der Waals surface area contributed by atoms with Crippen LogP contribution in [0.1, 0.15) is 26.3 Å². The zero-order chi connectivity index (χ0) is 16.2. The average molecular weight is 294 g/mol. The lowest BCUT2D eigenvalue weighted by Gasteiger charge is -2.30. The van der Waals surface area contributed by atoms with Crippen LogP contribution < -0.4 is 15.2 Å². The lowest BCUT2D eigenvalue weighted by Crippen LogP contribution is -2.48. The Bertz CT molecular complexity index is 495. The van der Waals surface area contributed by atoms with E-state index in [2.05, 4.69) is 0 Å². The van der Waals surface area contributed by atoms with E-state index in [0.29, 0.717) is 18.0 Å². The first-order valence-corrected chi connectivity index (χ1v) is 6.92. The van der Waals surface area contributed by atoms with Gasteiger partial charge in [0.15, 0.2) is 11.5 Å². The smallest absolute Gasteiger partial charge is 0.240 e. The number of benzene rings is 1. The highest BCUT2D eigenvalue weighted by molar-refractivity contribution is 5.82. The molecule has 1 amide bonds. The second-order valence-electron chi connectivity index (χ2n) is 6.19. The van der Waals surface area contributed by atoms with E-state index in [4.69, 9.17) is 15.2 Å². The van der Waals surface area contributed by atoms with E-state index in [1.54, 1.807) is 26.2 Å². The van der Waals surface area contributed by atoms with Crippen molar-refractivity contribution in [2.75, 3.05) is 21.3 Å². The van der Waals surface area contributed by atoms with Gasteiger partial charge in [-0.1, -0.05) is 32.9 Å². The summed E-state index contributed by atoms with van der Waals surface area (Å²) in [5, 5.41) is 0. The molecule has 21 heavy (non-hydrogen) atoms. The third-order valence-electron chi connectivity index (χ3n) is 3.47. The fourth-order valence-corrected chi connectivity index (χ4v) is 2.02. The molecule has 0 radical (unpaired) electrons. The minimum absolute atomic E-state index is 0.0904. The molecule has 0 saturated carbocycles. The van der Waals surface area contributed by atoms with Crippen molar-refractivity contribution < 1.29 is 14.3 Å². The monoisotopic (exact) mass is 294 g/mol. The first kappa shape index (κ1) is 17.3. The van der Waals surface area contributed by atoms with E-state index in [0.717, 1.165) is 5.56 Å². The largest absolute Gasteiger partial charge is 0.493 e. The van der Waals surface area contributed by atoms with Crippen LogP contribution in [0.25, 0.3) is 0 Å². The summed E-state index contributed by atoms with van der Waals surface area (Å²) >= 11 is 0. The second kappa shape index (κ2) is 6.80. The van der Waals surface area contributed by atoms with E-state index in [1.807, 2.05) is 39.0 Å². The Labute approximate surface area is 127 Å². The molecule has 0 aliphatic heterocycles. The van der Waals surface area contributed by atoms with Gasteiger partial charge in [0.05, 0.1) is 20.3 Å². The molecule has 0 bridgehead atoms. The number of carbonyl (C=O) groups is 1. The molecule has 0 aliphatic rings. The maximum atomic E-state index is 12.4. The van der Waals surface area contributed by atoms with Crippen molar-refractivity contribution in [1.82, 2.24) is 4.90 Å². The van der Waals surface area contributed by atoms with Crippen molar-refractivity contribution in [2.45, 2.75) is 33.4 Å². The third kappa shape index (κ3) is 4.11. The Balaban J connectivity index is 2.94. The third-order valence-corrected chi connectivity index (χ3v) is 3.47. The first-order chi connectivity index (χ1) is 9.72. The van der Waals surface area contributed by atoms with Gasteiger partial charge in [0.1, 0.15) is 0 Å². The zero-order valence-electron chi connectivity index (χ0n) is 13.8. The van der Waals surface area contributed by atoms with Crippen LogP contribution in [-0.2, 0) is 11.3 Å². The molecule has 1 aromatic rings. The Morgan fingerprint density at radius 3 is 2.38 bits per heavy atom. The van der Waals surface area contributed by atoms with Gasteiger partial charge in [-0.3, -0.25) is 4.79 Å². The zero-order valence-corrected chi connectivity index (χ0v) is 13.8. The molecule has 1 rings (SSSR count). The van der Waals surface area contributed by atoms with Crippen LogP contribution in [0, 0.1) is 5.41 Å². The number of methoxy groups -OCH3 is 2. The molecule has 0 heterocycles. The van der Waals surface area contributed by atoms with Crippen LogP contribution >= 0.6 is 0 Å². The summed E-state index contributed by atoms with van der Waals surface area (Å²) in [6, 6.07) is 5.07. The predicted octanol–water partition coefficient (Wildman–Crippen LogP) is 2.04. The molecule has 0 unspecified atom stereocenters. The van der Waals surface area contributed by atoms with Crippen molar-refractivity contribution in [3.63, 3.8) is 0 Å². The van der Waals surface area contributed by atoms with Gasteiger partial charge in [-0.05, 0) is 11.5 Å². The summed E-state index contributed by atoms with van der Waals surface area (Å²) in [7, 11) is 4.92. The summed E-state index contributed by atoms with van der Waals surface area (Å²) in [5.74, 6) is 1.20. The Kier molecular flexibility index (Phi) is 5.61. The van der Waals surface area contributed by atoms with E-state index >= 15 is 0 Å². The Morgan fingerprint density at radius 1 is 1.29 bits per heavy atom. The molecular formula is C16H26N2O3. The summed E-state index contributed by atoms with van der Waals surface area (Å²) in [5.41, 5.74) is 6.64. The average Bonchev–Trinajstić information content (AvgIpc) is 2.44. The van der Waals surface area contributed by atoms with Crippen molar-refractivity contribution in [2.24, 2.45) is 11.1 Å². The minimum atomic E-state index is -0.542. The molecule has 0 saturated heterocycles. The maximum Gasteiger partial charge on any atom is 0.240 e. The van der Waals surface area contributed by atoms with Crippen molar-refractivity contribution in [3.05, 3.63) is 23.8 Å². The van der Waals surface area contributed by atoms with E-state index in [9.17, 15) is 4.79 Å². The van der Waals surface area contributed by atoms with Crippen LogP contribution in [0.5, 0.6) is 11.5 Å². The lowest BCUT2D eigenvalue weighted by atomic mass is 9.86. The second-order valence-corrected chi connectivity index (χ2v) is 6.19. The SMILES string of the molecule is COc1cccc(CN(C)C(=O)[C@H](N)C(C)(C)C)c1OC. The van der Waals surface area contributed by atoms with Gasteiger partial charge in [0.25, 0.3) is 0 Å². The molecule has 2 N–H and O–H groups in total. The normalized spacial score (nSPS) is 12.7. The van der Waals surface area contributed by atoms with Gasteiger partial charge in [-0.2, -0.15) is 0 Å². The quantitative estimate of drug-likeness (QED) is 0.902. The number of rotatable bonds is 5. The number of amides is 1. The standard InChI is InChI=1S/C16H26N2O3/c1-16(2,3)14(17)15(19)18(4)10-11-8-7-9-12(20-5)13(11)21-6/h7-9,14H,10,17H2,1-6H3/t14-/m0/s1. The molecule has 0 fully saturated rings. The number of nitrogens with zero attached hydrogens (tertiary/aromatic N) is 1. The van der Waals surface area contributed by atoms with Crippen LogP contribution in [0.4, 0.5) is 0 Å². The highest BCUT2D eigenvalue weighted by atomic mass is 16.5. The molecule has 0 spiro atoms. The number of carbonyl (C=O) groups excluding carboxylic acids is 1. The number of ether oxygens (including phenoxy) is 2. The van der Waals surface area contributed by atoms with Gasteiger partial charge in [0.2, 0.25) is 5.91 Å². The minimum Gasteiger partial charge on any atom is -0.493 e. The fraction of sp³-hybridized carbons (Fsp3) is 0.562. The summed E-state index contributed by atoms with van der Waals surface area (Å²) in [4.78, 5) is 14.0. The topological polar surface area (TPSA) is 64.8 Å². The molecule has 0 aromatic heterocycles. The molecular weight excluding hydrogens is 268 g/mol. The molecule has 1 aromatic carbocycles. The Hall–Kier alpha value is -1.75. The molecule has 5 heteroatoms. The van der Waals surface area contributed by atoms with Crippen molar-refractivity contribution in [3.8, 4) is 11.5 Å². The number of hydrogen-bond acceptors (Lipinski definition) is 4. The van der Waals surface area contributed by atoms with Crippen LogP contribution in [-0.4, -0.2) is 38.1 Å². The predicted molar refractivity (Wildman–Crippen MR) is 83.5 cm³/mol. The summed E-state index contributed by atoms with van der Waals surface area (Å²) < 4.78 is 10.6. The Morgan fingerprint density at radius 2 is 1.90 bits per heavy atom. The van der Waals surface area contributed by atoms with E-state index in [-0.39, 0.29) is 11.3 Å². The van der Waals surface area contributed by atoms with Crippen molar-refractivity contribution >= 4 is 5.91 Å². The molecule has 1 atom stereocenters. The number of hydrogen-bond donors (Lipinski definition) is 1. The fourth-order valence-electron chi connectivity index (χ4n) is 2.02. The maximum absolute atomic E-state index is 12.4. The first-order valence-electron chi connectivity index (χ1n) is 6.92. The molecule has 0 aliphatic carbocycles. The lowest BCUT2D eigenvalue weighted by molar-refractivity contribution is -0.134. The van der Waals surface area contributed by atoms with E-state index < -0.39 is 6.04 Å². The molecule has 118 valence electrons. The van der Waals surface area contributed by atoms with Crippen LogP contribution in [0.15, 0.2) is 18.2 Å². The highest BCUT2D eigenvalue weighted by Crippen LogP contribution is 2.31. The number of para-hydroxylation sites is 1. The van der Waals surface area contributed by atoms with Gasteiger partial charge < -0.3 is 20.1 Å². The van der Waals surface area contributed by atoms with Gasteiger partial charge in [-0.25, -0.2) is 0 Å². The highest BCUT2D eigenvalue weighted by Gasteiger charge is 2.30. The number of likely N-dealkylation sites (N-methyl/N-ethyl adjacent to an activating group) is 1. The van der Waals surface area contributed by atoms with Gasteiger partial charge in [0, 0.05) is 19.2 Å². The summed E-state index contributed by atoms with van der Waals surface area (Å²) in [6.07, 6.45) is 0. The summed E-state index contributed by atoms with van der Waals surface area (Å²) in [6.45, 7) is 6.28.